The zero-order valence-electron chi connectivity index (χ0n) is 9.05. The average Bonchev–Trinajstić information content (AvgIpc) is 2.67. The highest BCUT2D eigenvalue weighted by atomic mass is 32.2. The fraction of sp³-hybridized carbons (Fsp3) is 1.00. The summed E-state index contributed by atoms with van der Waals surface area (Å²) in [4.78, 5) is 2.31. The van der Waals surface area contributed by atoms with Gasteiger partial charge in [-0.05, 0) is 13.8 Å². The van der Waals surface area contributed by atoms with E-state index in [9.17, 15) is 5.11 Å². The molecule has 15 heavy (non-hydrogen) atoms. The van der Waals surface area contributed by atoms with E-state index in [1.165, 1.54) is 0 Å². The number of aliphatic hydroxyl groups excluding tert-OH is 1. The molecular weight excluding hydrogens is 214 g/mol. The second-order valence-corrected chi connectivity index (χ2v) is 6.11. The van der Waals surface area contributed by atoms with Crippen molar-refractivity contribution in [2.45, 2.75) is 43.3 Å². The summed E-state index contributed by atoms with van der Waals surface area (Å²) in [5, 5.41) is 10.4. The summed E-state index contributed by atoms with van der Waals surface area (Å²) in [5.41, 5.74) is 0. The van der Waals surface area contributed by atoms with E-state index in [2.05, 4.69) is 4.90 Å². The van der Waals surface area contributed by atoms with Crippen molar-refractivity contribution in [3.63, 3.8) is 0 Å². The molecule has 0 aromatic rings. The summed E-state index contributed by atoms with van der Waals surface area (Å²) in [6.07, 6.45) is -0.533. The molecular formula is C10H17NO3S. The van der Waals surface area contributed by atoms with Crippen molar-refractivity contribution in [2.75, 3.05) is 18.8 Å². The van der Waals surface area contributed by atoms with Gasteiger partial charge in [0.15, 0.2) is 5.79 Å². The van der Waals surface area contributed by atoms with Gasteiger partial charge in [0.05, 0.1) is 11.5 Å². The third-order valence-electron chi connectivity index (χ3n) is 3.27. The maximum Gasteiger partial charge on any atom is 0.164 e. The van der Waals surface area contributed by atoms with E-state index in [1.807, 2.05) is 25.6 Å². The van der Waals surface area contributed by atoms with Gasteiger partial charge in [-0.2, -0.15) is 0 Å². The lowest BCUT2D eigenvalue weighted by atomic mass is 10.0. The van der Waals surface area contributed by atoms with Crippen LogP contribution in [0.4, 0.5) is 0 Å². The normalized spacial score (nSPS) is 49.0. The molecule has 4 nitrogen and oxygen atoms in total. The predicted molar refractivity (Wildman–Crippen MR) is 57.7 cm³/mol. The van der Waals surface area contributed by atoms with Crippen LogP contribution in [0.1, 0.15) is 13.8 Å². The Labute approximate surface area is 93.9 Å². The third-order valence-corrected chi connectivity index (χ3v) is 4.60. The smallest absolute Gasteiger partial charge is 0.164 e. The van der Waals surface area contributed by atoms with E-state index in [4.69, 9.17) is 9.47 Å². The maximum absolute atomic E-state index is 10.0. The molecule has 0 aliphatic carbocycles. The van der Waals surface area contributed by atoms with Crippen molar-refractivity contribution < 1.29 is 14.6 Å². The van der Waals surface area contributed by atoms with Gasteiger partial charge in [-0.15, -0.1) is 11.8 Å². The fourth-order valence-corrected chi connectivity index (χ4v) is 4.08. The Kier molecular flexibility index (Phi) is 2.30. The number of aliphatic hydroxyl groups is 1. The molecule has 0 radical (unpaired) electrons. The highest BCUT2D eigenvalue weighted by Crippen LogP contribution is 2.42. The topological polar surface area (TPSA) is 41.9 Å². The van der Waals surface area contributed by atoms with E-state index in [1.54, 1.807) is 0 Å². The first-order valence-corrected chi connectivity index (χ1v) is 6.51. The van der Waals surface area contributed by atoms with Crippen LogP contribution in [0.25, 0.3) is 0 Å². The number of hydrogen-bond donors (Lipinski definition) is 1. The van der Waals surface area contributed by atoms with Crippen LogP contribution in [0.2, 0.25) is 0 Å². The Morgan fingerprint density at radius 2 is 2.07 bits per heavy atom. The number of fused-ring (bicyclic) bond motifs is 3. The SMILES string of the molecule is CC1(C)OC2C(O)CN3CCS[C@H]3C2O1. The molecule has 3 rings (SSSR count). The zero-order chi connectivity index (χ0) is 10.6. The van der Waals surface area contributed by atoms with Gasteiger partial charge in [-0.3, -0.25) is 4.90 Å². The molecule has 3 saturated heterocycles. The summed E-state index contributed by atoms with van der Waals surface area (Å²) in [7, 11) is 0. The van der Waals surface area contributed by atoms with Crippen LogP contribution in [0.5, 0.6) is 0 Å². The molecule has 86 valence electrons. The average molecular weight is 231 g/mol. The fourth-order valence-electron chi connectivity index (χ4n) is 2.70. The molecule has 3 aliphatic rings. The standard InChI is InChI=1S/C10H17NO3S/c1-10(2)13-7-6(12)5-11-3-4-15-9(11)8(7)14-10/h6-9,12H,3-5H2,1-2H3/t6?,7?,8?,9-/m0/s1. The first kappa shape index (κ1) is 10.4. The summed E-state index contributed by atoms with van der Waals surface area (Å²) in [6, 6.07) is 0. The molecule has 0 aromatic carbocycles. The molecule has 0 spiro atoms. The first-order valence-electron chi connectivity index (χ1n) is 5.46. The summed E-state index contributed by atoms with van der Waals surface area (Å²) in [6.45, 7) is 5.61. The van der Waals surface area contributed by atoms with E-state index in [0.717, 1.165) is 18.8 Å². The van der Waals surface area contributed by atoms with Crippen molar-refractivity contribution in [3.8, 4) is 0 Å². The molecule has 3 fully saturated rings. The van der Waals surface area contributed by atoms with E-state index >= 15 is 0 Å². The van der Waals surface area contributed by atoms with E-state index in [-0.39, 0.29) is 12.2 Å². The van der Waals surface area contributed by atoms with Crippen molar-refractivity contribution in [1.82, 2.24) is 4.90 Å². The number of nitrogens with zero attached hydrogens (tertiary/aromatic N) is 1. The van der Waals surface area contributed by atoms with Crippen LogP contribution in [-0.4, -0.2) is 58.3 Å². The quantitative estimate of drug-likeness (QED) is 0.647. The molecule has 3 heterocycles. The summed E-state index contributed by atoms with van der Waals surface area (Å²) in [5.74, 6) is 0.583. The van der Waals surface area contributed by atoms with Gasteiger partial charge in [-0.25, -0.2) is 0 Å². The highest BCUT2D eigenvalue weighted by Gasteiger charge is 2.54. The number of piperidine rings is 1. The molecule has 0 bridgehead atoms. The van der Waals surface area contributed by atoms with Crippen LogP contribution in [0, 0.1) is 0 Å². The maximum atomic E-state index is 10.0. The van der Waals surface area contributed by atoms with Crippen molar-refractivity contribution >= 4 is 11.8 Å². The largest absolute Gasteiger partial charge is 0.389 e. The minimum absolute atomic E-state index is 0.0243. The van der Waals surface area contributed by atoms with Crippen LogP contribution in [0.15, 0.2) is 0 Å². The van der Waals surface area contributed by atoms with Crippen molar-refractivity contribution in [2.24, 2.45) is 0 Å². The Morgan fingerprint density at radius 3 is 2.87 bits per heavy atom. The van der Waals surface area contributed by atoms with E-state index in [0.29, 0.717) is 5.37 Å². The molecule has 3 aliphatic heterocycles. The van der Waals surface area contributed by atoms with Crippen LogP contribution >= 0.6 is 11.8 Å². The second kappa shape index (κ2) is 3.34. The zero-order valence-corrected chi connectivity index (χ0v) is 9.87. The van der Waals surface area contributed by atoms with Crippen LogP contribution < -0.4 is 0 Å². The monoisotopic (exact) mass is 231 g/mol. The Morgan fingerprint density at radius 1 is 1.33 bits per heavy atom. The lowest BCUT2D eigenvalue weighted by Crippen LogP contribution is -2.56. The number of ether oxygens (including phenoxy) is 2. The molecule has 0 saturated carbocycles. The van der Waals surface area contributed by atoms with Crippen molar-refractivity contribution in [1.29, 1.82) is 0 Å². The number of hydrogen-bond acceptors (Lipinski definition) is 5. The Hall–Kier alpha value is 0.190. The van der Waals surface area contributed by atoms with Gasteiger partial charge < -0.3 is 14.6 Å². The first-order chi connectivity index (χ1) is 7.07. The van der Waals surface area contributed by atoms with Gasteiger partial charge in [0.2, 0.25) is 0 Å². The van der Waals surface area contributed by atoms with Gasteiger partial charge in [0, 0.05) is 18.8 Å². The Bertz CT molecular complexity index is 273. The van der Waals surface area contributed by atoms with Gasteiger partial charge >= 0.3 is 0 Å². The summed E-state index contributed by atoms with van der Waals surface area (Å²) < 4.78 is 11.7. The molecule has 0 amide bonds. The predicted octanol–water partition coefficient (Wildman–Crippen LogP) is 0.256. The molecule has 1 N–H and O–H groups in total. The number of rotatable bonds is 0. The van der Waals surface area contributed by atoms with Crippen LogP contribution in [0.3, 0.4) is 0 Å². The molecule has 3 unspecified atom stereocenters. The minimum Gasteiger partial charge on any atom is -0.389 e. The van der Waals surface area contributed by atoms with Crippen LogP contribution in [-0.2, 0) is 9.47 Å². The lowest BCUT2D eigenvalue weighted by Gasteiger charge is -2.38. The highest BCUT2D eigenvalue weighted by molar-refractivity contribution is 8.00. The lowest BCUT2D eigenvalue weighted by molar-refractivity contribution is -0.152. The van der Waals surface area contributed by atoms with E-state index < -0.39 is 11.9 Å². The molecule has 0 aromatic heterocycles. The van der Waals surface area contributed by atoms with Crippen molar-refractivity contribution in [3.05, 3.63) is 0 Å². The third kappa shape index (κ3) is 1.61. The minimum atomic E-state index is -0.546. The Balaban J connectivity index is 1.85. The molecule has 5 heteroatoms. The van der Waals surface area contributed by atoms with Gasteiger partial charge in [0.1, 0.15) is 12.2 Å². The number of thioether (sulfide) groups is 1. The van der Waals surface area contributed by atoms with Gasteiger partial charge in [-0.1, -0.05) is 0 Å². The summed E-state index contributed by atoms with van der Waals surface area (Å²) >= 11 is 1.92. The molecule has 4 atom stereocenters. The van der Waals surface area contributed by atoms with Gasteiger partial charge in [0.25, 0.3) is 0 Å². The second-order valence-electron chi connectivity index (χ2n) is 4.89.